The maximum absolute atomic E-state index is 9.75. The van der Waals surface area contributed by atoms with E-state index < -0.39 is 14.5 Å². The zero-order chi connectivity index (χ0) is 21.3. The number of hydrogen-bond donors (Lipinski definition) is 0. The Kier molecular flexibility index (Phi) is 10.0. The van der Waals surface area contributed by atoms with Crippen LogP contribution < -0.4 is 9.13 Å². The molecular weight excluding hydrogens is 382 g/mol. The zero-order valence-corrected chi connectivity index (χ0v) is 15.0. The molecule has 2 nitrogen and oxygen atoms in total. The molecule has 0 saturated carbocycles. The molecule has 12 heteroatoms. The van der Waals surface area contributed by atoms with E-state index in [0.717, 1.165) is 6.54 Å². The largest absolute Gasteiger partial charge is 0.673 e. The van der Waals surface area contributed by atoms with Crippen molar-refractivity contribution in [3.63, 3.8) is 0 Å². The molecule has 0 spiro atoms. The maximum atomic E-state index is 9.75. The Bertz CT molecular complexity index is 632. The van der Waals surface area contributed by atoms with Crippen molar-refractivity contribution in [1.82, 2.24) is 0 Å². The lowest BCUT2D eigenvalue weighted by atomic mass is 10.1. The van der Waals surface area contributed by atoms with Gasteiger partial charge in [0.2, 0.25) is 0 Å². The average molecular weight is 402 g/mol. The van der Waals surface area contributed by atoms with Crippen molar-refractivity contribution in [2.45, 2.75) is 33.4 Å². The molecule has 0 aliphatic rings. The Labute approximate surface area is 152 Å². The summed E-state index contributed by atoms with van der Waals surface area (Å²) in [5.41, 5.74) is 2.54. The fourth-order valence-electron chi connectivity index (χ4n) is 1.84. The summed E-state index contributed by atoms with van der Waals surface area (Å²) in [6.45, 7) is 7.54. The second-order valence-corrected chi connectivity index (χ2v) is 5.53. The first-order valence-electron chi connectivity index (χ1n) is 7.95. The first kappa shape index (κ1) is 24.9. The molecule has 0 N–H and O–H groups in total. The predicted molar refractivity (Wildman–Crippen MR) is 88.7 cm³/mol. The Hall–Kier alpha value is -2.13. The Morgan fingerprint density at radius 2 is 1.00 bits per heavy atom. The number of hydrogen-bond acceptors (Lipinski definition) is 0. The third kappa shape index (κ3) is 14.7. The normalized spacial score (nSPS) is 11.3. The van der Waals surface area contributed by atoms with Crippen LogP contribution in [0.25, 0.3) is 11.1 Å². The van der Waals surface area contributed by atoms with E-state index in [2.05, 4.69) is 79.0 Å². The molecule has 0 bridgehead atoms. The van der Waals surface area contributed by atoms with Gasteiger partial charge in [-0.1, -0.05) is 0 Å². The lowest BCUT2D eigenvalue weighted by Crippen LogP contribution is -2.34. The first-order chi connectivity index (χ1) is 12.2. The topological polar surface area (TPSA) is 7.76 Å². The van der Waals surface area contributed by atoms with Crippen molar-refractivity contribution in [2.24, 2.45) is 0 Å². The van der Waals surface area contributed by atoms with Crippen molar-refractivity contribution in [3.8, 4) is 11.1 Å². The van der Waals surface area contributed by atoms with Crippen molar-refractivity contribution < 1.29 is 43.7 Å². The maximum Gasteiger partial charge on any atom is 0.673 e. The van der Waals surface area contributed by atoms with Gasteiger partial charge in [0, 0.05) is 24.3 Å². The highest BCUT2D eigenvalue weighted by molar-refractivity contribution is 6.50. The number of nitrogens with zero attached hydrogens (tertiary/aromatic N) is 2. The van der Waals surface area contributed by atoms with Crippen LogP contribution in [0.3, 0.4) is 0 Å². The molecule has 0 radical (unpaired) electrons. The van der Waals surface area contributed by atoms with E-state index in [-0.39, 0.29) is 0 Å². The summed E-state index contributed by atoms with van der Waals surface area (Å²) in [5.74, 6) is 0. The van der Waals surface area contributed by atoms with Gasteiger partial charge < -0.3 is 34.5 Å². The molecule has 27 heavy (non-hydrogen) atoms. The van der Waals surface area contributed by atoms with Crippen molar-refractivity contribution in [3.05, 3.63) is 49.1 Å². The molecular formula is C15H20B2F8N2. The summed E-state index contributed by atoms with van der Waals surface area (Å²) in [6.07, 6.45) is 8.53. The molecule has 0 aliphatic heterocycles. The molecule has 2 aromatic heterocycles. The van der Waals surface area contributed by atoms with Crippen LogP contribution in [0.1, 0.15) is 26.8 Å². The van der Waals surface area contributed by atoms with Gasteiger partial charge in [0.1, 0.15) is 6.54 Å². The van der Waals surface area contributed by atoms with E-state index in [1.165, 1.54) is 11.1 Å². The molecule has 0 aliphatic carbocycles. The Morgan fingerprint density at radius 3 is 1.26 bits per heavy atom. The van der Waals surface area contributed by atoms with Gasteiger partial charge in [-0.2, -0.15) is 0 Å². The minimum atomic E-state index is -6.00. The van der Waals surface area contributed by atoms with Gasteiger partial charge in [0.25, 0.3) is 0 Å². The lowest BCUT2D eigenvalue weighted by molar-refractivity contribution is -0.716. The number of halogens is 8. The second-order valence-electron chi connectivity index (χ2n) is 5.53. The van der Waals surface area contributed by atoms with Crippen LogP contribution in [0.5, 0.6) is 0 Å². The van der Waals surface area contributed by atoms with Crippen LogP contribution in [0.15, 0.2) is 49.1 Å². The lowest BCUT2D eigenvalue weighted by Gasteiger charge is -2.02. The number of aromatic nitrogens is 2. The molecule has 0 saturated heterocycles. The van der Waals surface area contributed by atoms with Gasteiger partial charge in [-0.3, -0.25) is 0 Å². The highest BCUT2D eigenvalue weighted by Gasteiger charge is 2.21. The highest BCUT2D eigenvalue weighted by atomic mass is 19.5. The molecule has 2 rings (SSSR count). The molecule has 0 amide bonds. The van der Waals surface area contributed by atoms with E-state index in [0.29, 0.717) is 6.04 Å². The first-order valence-corrected chi connectivity index (χ1v) is 7.95. The van der Waals surface area contributed by atoms with Gasteiger partial charge in [0.05, 0.1) is 0 Å². The van der Waals surface area contributed by atoms with Crippen molar-refractivity contribution >= 4 is 14.5 Å². The van der Waals surface area contributed by atoms with Crippen LogP contribution in [0, 0.1) is 0 Å². The summed E-state index contributed by atoms with van der Waals surface area (Å²) in [6, 6.07) is 9.19. The van der Waals surface area contributed by atoms with Gasteiger partial charge >= 0.3 is 14.5 Å². The monoisotopic (exact) mass is 402 g/mol. The second kappa shape index (κ2) is 10.9. The summed E-state index contributed by atoms with van der Waals surface area (Å²) in [5, 5.41) is 0. The zero-order valence-electron chi connectivity index (χ0n) is 15.0. The van der Waals surface area contributed by atoms with Crippen molar-refractivity contribution in [1.29, 1.82) is 0 Å². The number of rotatable bonds is 3. The van der Waals surface area contributed by atoms with E-state index in [9.17, 15) is 34.5 Å². The number of pyridine rings is 2. The van der Waals surface area contributed by atoms with E-state index in [4.69, 9.17) is 0 Å². The van der Waals surface area contributed by atoms with Gasteiger partial charge in [0.15, 0.2) is 30.8 Å². The summed E-state index contributed by atoms with van der Waals surface area (Å²) in [7, 11) is -12.0. The Balaban J connectivity index is 0.000000563. The molecule has 0 fully saturated rings. The van der Waals surface area contributed by atoms with Crippen LogP contribution in [0.2, 0.25) is 0 Å². The minimum Gasteiger partial charge on any atom is -0.418 e. The van der Waals surface area contributed by atoms with Gasteiger partial charge in [-0.25, -0.2) is 9.13 Å². The Morgan fingerprint density at radius 1 is 0.704 bits per heavy atom. The van der Waals surface area contributed by atoms with Gasteiger partial charge in [-0.15, -0.1) is 0 Å². The molecule has 2 aromatic rings. The average Bonchev–Trinajstić information content (AvgIpc) is 2.52. The standard InChI is InChI=1S/C15H20N2.2BF4/c1-4-16-9-5-14(6-10-16)15-7-11-17(12-8-15)13(2)3;2*2-1(3,4)5/h5-13H,4H2,1-3H3;;/q+2;2*-1. The SMILES string of the molecule is CC[n+]1ccc(-c2cc[n+](C(C)C)cc2)cc1.F[B-](F)(F)F.F[B-](F)(F)F. The van der Waals surface area contributed by atoms with Crippen LogP contribution in [-0.2, 0) is 6.54 Å². The van der Waals surface area contributed by atoms with E-state index >= 15 is 0 Å². The third-order valence-electron chi connectivity index (χ3n) is 3.04. The van der Waals surface area contributed by atoms with E-state index in [1.807, 2.05) is 0 Å². The highest BCUT2D eigenvalue weighted by Crippen LogP contribution is 2.15. The molecule has 0 unspecified atom stereocenters. The van der Waals surface area contributed by atoms with E-state index in [1.54, 1.807) is 0 Å². The molecule has 152 valence electrons. The smallest absolute Gasteiger partial charge is 0.418 e. The summed E-state index contributed by atoms with van der Waals surface area (Å²) in [4.78, 5) is 0. The van der Waals surface area contributed by atoms with Crippen molar-refractivity contribution in [2.75, 3.05) is 0 Å². The fourth-order valence-corrected chi connectivity index (χ4v) is 1.84. The quantitative estimate of drug-likeness (QED) is 0.382. The predicted octanol–water partition coefficient (Wildman–Crippen LogP) is 5.13. The van der Waals surface area contributed by atoms with Crippen LogP contribution in [-0.4, -0.2) is 14.5 Å². The van der Waals surface area contributed by atoms with Gasteiger partial charge in [-0.05, 0) is 31.9 Å². The number of aryl methyl sites for hydroxylation is 1. The minimum absolute atomic E-state index is 0.516. The fraction of sp³-hybridized carbons (Fsp3) is 0.333. The summed E-state index contributed by atoms with van der Waals surface area (Å²) >= 11 is 0. The van der Waals surface area contributed by atoms with Crippen LogP contribution in [0.4, 0.5) is 34.5 Å². The summed E-state index contributed by atoms with van der Waals surface area (Å²) < 4.78 is 82.4. The third-order valence-corrected chi connectivity index (χ3v) is 3.04. The molecule has 0 atom stereocenters. The van der Waals surface area contributed by atoms with Crippen LogP contribution >= 0.6 is 0 Å². The molecule has 0 aromatic carbocycles. The molecule has 2 heterocycles.